The number of hydrogen-bond acceptors (Lipinski definition) is 4. The number of carbonyl (C=O) groups excluding carboxylic acids is 3. The number of nitrogens with one attached hydrogen (secondary N) is 1. The van der Waals surface area contributed by atoms with Crippen molar-refractivity contribution in [2.24, 2.45) is 5.41 Å². The molecule has 1 aliphatic carbocycles. The van der Waals surface area contributed by atoms with E-state index in [-0.39, 0.29) is 25.1 Å². The van der Waals surface area contributed by atoms with Crippen LogP contribution in [0.15, 0.2) is 64.4 Å². The average molecular weight is 446 g/mol. The molecule has 1 aromatic heterocycles. The molecule has 0 saturated heterocycles. The summed E-state index contributed by atoms with van der Waals surface area (Å²) < 4.78 is 48.8. The zero-order valence-electron chi connectivity index (χ0n) is 17.5. The summed E-state index contributed by atoms with van der Waals surface area (Å²) in [6, 6.07) is 11.0. The molecule has 168 valence electrons. The van der Waals surface area contributed by atoms with Gasteiger partial charge in [-0.2, -0.15) is 13.2 Å². The number of halogens is 3. The maximum atomic E-state index is 14.6. The first kappa shape index (κ1) is 21.9. The molecule has 32 heavy (non-hydrogen) atoms. The molecule has 0 spiro atoms. The van der Waals surface area contributed by atoms with Crippen molar-refractivity contribution in [2.75, 3.05) is 0 Å². The summed E-state index contributed by atoms with van der Waals surface area (Å²) in [5.41, 5.74) is -4.23. The Bertz CT molecular complexity index is 1100. The fourth-order valence-corrected chi connectivity index (χ4v) is 4.40. The normalized spacial score (nSPS) is 22.8. The van der Waals surface area contributed by atoms with Crippen LogP contribution in [0, 0.1) is 5.41 Å². The fourth-order valence-electron chi connectivity index (χ4n) is 4.40. The van der Waals surface area contributed by atoms with Crippen molar-refractivity contribution < 1.29 is 32.0 Å². The van der Waals surface area contributed by atoms with E-state index in [1.54, 1.807) is 44.2 Å². The third-order valence-electron chi connectivity index (χ3n) is 5.77. The minimum Gasteiger partial charge on any atom is -0.459 e. The van der Waals surface area contributed by atoms with Crippen LogP contribution in [0.25, 0.3) is 0 Å². The van der Waals surface area contributed by atoms with Gasteiger partial charge in [-0.1, -0.05) is 44.2 Å². The lowest BCUT2D eigenvalue weighted by molar-refractivity contribution is -0.191. The Morgan fingerprint density at radius 3 is 2.38 bits per heavy atom. The fraction of sp³-hybridized carbons (Fsp3) is 0.348. The Kier molecular flexibility index (Phi) is 5.02. The minimum atomic E-state index is -5.25. The molecule has 0 fully saturated rings. The van der Waals surface area contributed by atoms with E-state index in [4.69, 9.17) is 4.42 Å². The van der Waals surface area contributed by atoms with E-state index < -0.39 is 46.1 Å². The van der Waals surface area contributed by atoms with E-state index in [0.717, 1.165) is 11.2 Å². The Balaban J connectivity index is 1.88. The summed E-state index contributed by atoms with van der Waals surface area (Å²) >= 11 is 0. The number of benzene rings is 1. The van der Waals surface area contributed by atoms with Gasteiger partial charge in [0.15, 0.2) is 11.5 Å². The van der Waals surface area contributed by atoms with Crippen molar-refractivity contribution >= 4 is 17.6 Å². The van der Waals surface area contributed by atoms with Crippen LogP contribution in [0.1, 0.15) is 42.8 Å². The maximum absolute atomic E-state index is 14.6. The predicted octanol–water partition coefficient (Wildman–Crippen LogP) is 4.00. The summed E-state index contributed by atoms with van der Waals surface area (Å²) in [7, 11) is 0. The van der Waals surface area contributed by atoms with Crippen LogP contribution in [0.5, 0.6) is 0 Å². The van der Waals surface area contributed by atoms with Gasteiger partial charge >= 0.3 is 6.18 Å². The number of furan rings is 1. The molecule has 0 bridgehead atoms. The first-order chi connectivity index (χ1) is 15.0. The second-order valence-corrected chi connectivity index (χ2v) is 8.82. The van der Waals surface area contributed by atoms with E-state index in [9.17, 15) is 27.6 Å². The second-order valence-electron chi connectivity index (χ2n) is 8.82. The lowest BCUT2D eigenvalue weighted by Crippen LogP contribution is -2.66. The molecule has 2 aromatic rings. The molecular formula is C23H21F3N2O4. The number of rotatable bonds is 4. The van der Waals surface area contributed by atoms with Gasteiger partial charge in [0.2, 0.25) is 5.54 Å². The molecule has 2 aliphatic rings. The van der Waals surface area contributed by atoms with E-state index >= 15 is 0 Å². The number of Topliss-reactive ketones (excluding diaryl/α,β-unsaturated/α-hetero) is 1. The smallest absolute Gasteiger partial charge is 0.425 e. The lowest BCUT2D eigenvalue weighted by Gasteiger charge is -2.35. The largest absolute Gasteiger partial charge is 0.459 e. The van der Waals surface area contributed by atoms with Gasteiger partial charge in [0.05, 0.1) is 18.4 Å². The Morgan fingerprint density at radius 2 is 1.78 bits per heavy atom. The summed E-state index contributed by atoms with van der Waals surface area (Å²) in [4.78, 5) is 40.1. The molecule has 1 atom stereocenters. The lowest BCUT2D eigenvalue weighted by atomic mass is 9.72. The highest BCUT2D eigenvalue weighted by Crippen LogP contribution is 2.52. The van der Waals surface area contributed by atoms with Crippen molar-refractivity contribution in [1.29, 1.82) is 0 Å². The van der Waals surface area contributed by atoms with Crippen molar-refractivity contribution in [3.63, 3.8) is 0 Å². The SMILES string of the molecule is CC1(C)CC(=O)C2=C(C1)N(Cc1ccccc1)C(=O)[C@]2(NC(=O)c1ccco1)C(F)(F)F. The van der Waals surface area contributed by atoms with Crippen molar-refractivity contribution in [3.05, 3.63) is 71.3 Å². The summed E-state index contributed by atoms with van der Waals surface area (Å²) in [5.74, 6) is -3.83. The van der Waals surface area contributed by atoms with Gasteiger partial charge in [0, 0.05) is 12.1 Å². The van der Waals surface area contributed by atoms with Crippen LogP contribution in [-0.4, -0.2) is 34.2 Å². The monoisotopic (exact) mass is 446 g/mol. The number of allylic oxidation sites excluding steroid dienone is 1. The van der Waals surface area contributed by atoms with Gasteiger partial charge in [0.25, 0.3) is 11.8 Å². The molecule has 0 radical (unpaired) electrons. The van der Waals surface area contributed by atoms with Gasteiger partial charge in [-0.25, -0.2) is 0 Å². The molecule has 6 nitrogen and oxygen atoms in total. The van der Waals surface area contributed by atoms with Crippen LogP contribution < -0.4 is 5.32 Å². The van der Waals surface area contributed by atoms with Gasteiger partial charge in [0.1, 0.15) is 0 Å². The zero-order valence-corrected chi connectivity index (χ0v) is 17.5. The van der Waals surface area contributed by atoms with Gasteiger partial charge in [-0.15, -0.1) is 0 Å². The van der Waals surface area contributed by atoms with E-state index in [0.29, 0.717) is 5.56 Å². The summed E-state index contributed by atoms with van der Waals surface area (Å²) in [6.45, 7) is 3.36. The quantitative estimate of drug-likeness (QED) is 0.770. The van der Waals surface area contributed by atoms with E-state index in [1.165, 1.54) is 12.1 Å². The van der Waals surface area contributed by atoms with Gasteiger partial charge < -0.3 is 14.6 Å². The first-order valence-electron chi connectivity index (χ1n) is 10.0. The highest BCUT2D eigenvalue weighted by molar-refractivity contribution is 6.14. The number of amides is 2. The zero-order chi connectivity index (χ0) is 23.3. The molecular weight excluding hydrogens is 425 g/mol. The molecule has 0 unspecified atom stereocenters. The van der Waals surface area contributed by atoms with Crippen molar-refractivity contribution in [1.82, 2.24) is 10.2 Å². The topological polar surface area (TPSA) is 79.6 Å². The summed E-state index contributed by atoms with van der Waals surface area (Å²) in [6.07, 6.45) is -4.21. The minimum absolute atomic E-state index is 0.00262. The van der Waals surface area contributed by atoms with Crippen LogP contribution >= 0.6 is 0 Å². The number of alkyl halides is 3. The highest BCUT2D eigenvalue weighted by Gasteiger charge is 2.71. The Labute approximate surface area is 182 Å². The van der Waals surface area contributed by atoms with Crippen LogP contribution in [0.3, 0.4) is 0 Å². The number of carbonyl (C=O) groups is 3. The molecule has 4 rings (SSSR count). The second kappa shape index (κ2) is 7.36. The molecule has 0 saturated carbocycles. The van der Waals surface area contributed by atoms with Crippen molar-refractivity contribution in [3.8, 4) is 0 Å². The maximum Gasteiger partial charge on any atom is 0.425 e. The molecule has 1 N–H and O–H groups in total. The third kappa shape index (κ3) is 3.41. The molecule has 9 heteroatoms. The van der Waals surface area contributed by atoms with Crippen LogP contribution in [0.4, 0.5) is 13.2 Å². The number of hydrogen-bond donors (Lipinski definition) is 1. The van der Waals surface area contributed by atoms with Crippen LogP contribution in [-0.2, 0) is 16.1 Å². The first-order valence-corrected chi connectivity index (χ1v) is 10.0. The van der Waals surface area contributed by atoms with Crippen molar-refractivity contribution in [2.45, 2.75) is 44.9 Å². The summed E-state index contributed by atoms with van der Waals surface area (Å²) in [5, 5.41) is 1.83. The molecule has 1 aliphatic heterocycles. The number of nitrogens with zero attached hydrogens (tertiary/aromatic N) is 1. The third-order valence-corrected chi connectivity index (χ3v) is 5.77. The van der Waals surface area contributed by atoms with Gasteiger partial charge in [-0.3, -0.25) is 14.4 Å². The average Bonchev–Trinajstić information content (AvgIpc) is 3.30. The van der Waals surface area contributed by atoms with Gasteiger partial charge in [-0.05, 0) is 29.5 Å². The molecule has 2 heterocycles. The highest BCUT2D eigenvalue weighted by atomic mass is 19.4. The predicted molar refractivity (Wildman–Crippen MR) is 107 cm³/mol. The van der Waals surface area contributed by atoms with E-state index in [2.05, 4.69) is 0 Å². The Morgan fingerprint density at radius 1 is 1.09 bits per heavy atom. The van der Waals surface area contributed by atoms with E-state index in [1.807, 2.05) is 5.32 Å². The molecule has 1 aromatic carbocycles. The Hall–Kier alpha value is -3.36. The standard InChI is InChI=1S/C23H21F3N2O4/c1-21(2)11-15-18(16(29)12-21)22(23(24,25)26,27-19(30)17-9-6-10-32-17)20(31)28(15)13-14-7-4-3-5-8-14/h3-10H,11-13H2,1-2H3,(H,27,30)/t22-/m0/s1. The number of ketones is 1. The van der Waals surface area contributed by atoms with Crippen LogP contribution in [0.2, 0.25) is 0 Å². The molecule has 2 amide bonds.